The molecule has 0 aliphatic carbocycles. The minimum atomic E-state index is 1.14. The maximum absolute atomic E-state index is 6.40. The molecule has 0 aliphatic heterocycles. The van der Waals surface area contributed by atoms with E-state index >= 15 is 0 Å². The van der Waals surface area contributed by atoms with Gasteiger partial charge in [0.1, 0.15) is 0 Å². The van der Waals surface area contributed by atoms with Crippen LogP contribution in [-0.4, -0.2) is 7.07 Å². The van der Waals surface area contributed by atoms with Crippen LogP contribution < -0.4 is 0 Å². The number of rotatable bonds is 1. The van der Waals surface area contributed by atoms with Gasteiger partial charge in [-0.1, -0.05) is 0 Å². The second-order valence-corrected chi connectivity index (χ2v) is 0.692. The number of hydrogen-bond donors (Lipinski definition) is 1. The van der Waals surface area contributed by atoms with E-state index in [1.807, 2.05) is 0 Å². The Hall–Kier alpha value is -0.835. The van der Waals surface area contributed by atoms with Crippen molar-refractivity contribution in [2.75, 3.05) is 0 Å². The average molecular weight is 76.9 g/mol. The van der Waals surface area contributed by atoms with E-state index in [1.54, 1.807) is 0 Å². The van der Waals surface area contributed by atoms with E-state index in [9.17, 15) is 0 Å². The standard InChI is InChI=1S/C4H4BN/c1-2-3-4-5-6/h1,3-4,6H/b4-3-. The zero-order valence-corrected chi connectivity index (χ0v) is 3.31. The molecule has 0 saturated heterocycles. The molecule has 0 rings (SSSR count). The summed E-state index contributed by atoms with van der Waals surface area (Å²) in [6, 6.07) is 0. The Bertz CT molecular complexity index is 98.6. The van der Waals surface area contributed by atoms with Crippen molar-refractivity contribution in [3.8, 4) is 12.3 Å². The Labute approximate surface area is 37.8 Å². The van der Waals surface area contributed by atoms with E-state index in [0.717, 1.165) is 7.07 Å². The van der Waals surface area contributed by atoms with Crippen molar-refractivity contribution in [3.63, 3.8) is 0 Å². The van der Waals surface area contributed by atoms with Gasteiger partial charge in [-0.05, 0) is 0 Å². The Morgan fingerprint density at radius 3 is 2.67 bits per heavy atom. The molecule has 0 heterocycles. The maximum atomic E-state index is 6.40. The van der Waals surface area contributed by atoms with Crippen LogP contribution in [0.15, 0.2) is 12.1 Å². The van der Waals surface area contributed by atoms with Gasteiger partial charge in [-0.15, -0.1) is 0 Å². The molecule has 0 atom stereocenters. The zero-order chi connectivity index (χ0) is 4.83. The van der Waals surface area contributed by atoms with Gasteiger partial charge in [-0.25, -0.2) is 0 Å². The van der Waals surface area contributed by atoms with Gasteiger partial charge >= 0.3 is 36.8 Å². The summed E-state index contributed by atoms with van der Waals surface area (Å²) in [5.74, 6) is 3.72. The second kappa shape index (κ2) is 4.16. The molecule has 0 saturated carbocycles. The molecule has 0 radical (unpaired) electrons. The molecule has 0 aromatic rings. The molecule has 0 bridgehead atoms. The van der Waals surface area contributed by atoms with Crippen LogP contribution in [0.1, 0.15) is 0 Å². The molecule has 0 fully saturated rings. The third-order valence-corrected chi connectivity index (χ3v) is 0.289. The third kappa shape index (κ3) is 3.16. The zero-order valence-electron chi connectivity index (χ0n) is 3.31. The molecule has 2 heteroatoms. The number of allylic oxidation sites excluding steroid dienone is 1. The average Bonchev–Trinajstić information content (AvgIpc) is 1.61. The van der Waals surface area contributed by atoms with Crippen molar-refractivity contribution >= 4 is 7.07 Å². The fourth-order valence-corrected chi connectivity index (χ4v) is 0.104. The first-order valence-electron chi connectivity index (χ1n) is 1.53. The third-order valence-electron chi connectivity index (χ3n) is 0.289. The number of terminal acetylenes is 1. The molecule has 0 aliphatic rings. The molecule has 0 unspecified atom stereocenters. The van der Waals surface area contributed by atoms with Crippen molar-refractivity contribution < 1.29 is 0 Å². The van der Waals surface area contributed by atoms with Crippen molar-refractivity contribution in [3.05, 3.63) is 12.1 Å². The summed E-state index contributed by atoms with van der Waals surface area (Å²) in [5, 5.41) is 6.40. The molecule has 1 N–H and O–H groups in total. The predicted octanol–water partition coefficient (Wildman–Crippen LogP) is 0.600. The van der Waals surface area contributed by atoms with Crippen LogP contribution in [0, 0.1) is 17.7 Å². The molecule has 0 aromatic heterocycles. The monoisotopic (exact) mass is 77.0 g/mol. The van der Waals surface area contributed by atoms with Gasteiger partial charge in [-0.3, -0.25) is 0 Å². The van der Waals surface area contributed by atoms with Gasteiger partial charge in [0.25, 0.3) is 0 Å². The van der Waals surface area contributed by atoms with Crippen LogP contribution in [-0.2, 0) is 0 Å². The molecule has 0 aromatic carbocycles. The van der Waals surface area contributed by atoms with Crippen LogP contribution in [0.25, 0.3) is 0 Å². The van der Waals surface area contributed by atoms with Crippen molar-refractivity contribution in [1.82, 2.24) is 0 Å². The van der Waals surface area contributed by atoms with Gasteiger partial charge < -0.3 is 0 Å². The Morgan fingerprint density at radius 1 is 1.83 bits per heavy atom. The number of hydrogen-bond acceptors (Lipinski definition) is 1. The van der Waals surface area contributed by atoms with E-state index in [4.69, 9.17) is 11.7 Å². The fourth-order valence-electron chi connectivity index (χ4n) is 0.104. The van der Waals surface area contributed by atoms with Crippen molar-refractivity contribution in [2.45, 2.75) is 0 Å². The van der Waals surface area contributed by atoms with Gasteiger partial charge in [0.15, 0.2) is 0 Å². The van der Waals surface area contributed by atoms with E-state index in [2.05, 4.69) is 5.92 Å². The van der Waals surface area contributed by atoms with Gasteiger partial charge in [0.2, 0.25) is 0 Å². The molecular formula is C4H4BN. The van der Waals surface area contributed by atoms with E-state index in [1.165, 1.54) is 12.1 Å². The summed E-state index contributed by atoms with van der Waals surface area (Å²) in [4.78, 5) is 0. The summed E-state index contributed by atoms with van der Waals surface area (Å²) >= 11 is 0. The Kier molecular flexibility index (Phi) is 3.59. The Morgan fingerprint density at radius 2 is 2.50 bits per heavy atom. The molecule has 0 spiro atoms. The van der Waals surface area contributed by atoms with Crippen molar-refractivity contribution in [2.24, 2.45) is 0 Å². The van der Waals surface area contributed by atoms with Gasteiger partial charge in [-0.2, -0.15) is 0 Å². The van der Waals surface area contributed by atoms with Crippen LogP contribution in [0.3, 0.4) is 0 Å². The van der Waals surface area contributed by atoms with Crippen LogP contribution in [0.5, 0.6) is 0 Å². The molecule has 6 heavy (non-hydrogen) atoms. The first-order valence-corrected chi connectivity index (χ1v) is 1.53. The molecule has 0 amide bonds. The SMILES string of the molecule is C#C/C=C\B=N. The van der Waals surface area contributed by atoms with Crippen LogP contribution in [0.4, 0.5) is 0 Å². The molecule has 28 valence electrons. The summed E-state index contributed by atoms with van der Waals surface area (Å²) < 4.78 is 0. The first kappa shape index (κ1) is 5.16. The van der Waals surface area contributed by atoms with E-state index < -0.39 is 0 Å². The number of nitrogens with one attached hydrogen (secondary N) is 1. The minimum absolute atomic E-state index is 1.14. The molecular weight excluding hydrogens is 72.9 g/mol. The normalized spacial score (nSPS) is 7.17. The summed E-state index contributed by atoms with van der Waals surface area (Å²) in [5.41, 5.74) is 0. The fraction of sp³-hybridized carbons (Fsp3) is 0. The predicted molar refractivity (Wildman–Crippen MR) is 26.4 cm³/mol. The second-order valence-electron chi connectivity index (χ2n) is 0.692. The quantitative estimate of drug-likeness (QED) is 0.350. The summed E-state index contributed by atoms with van der Waals surface area (Å²) in [6.07, 6.45) is 6.24. The van der Waals surface area contributed by atoms with Gasteiger partial charge in [0, 0.05) is 0 Å². The van der Waals surface area contributed by atoms with Crippen LogP contribution in [0.2, 0.25) is 0 Å². The topological polar surface area (TPSA) is 23.9 Å². The summed E-state index contributed by atoms with van der Waals surface area (Å²) in [6.45, 7) is 0. The van der Waals surface area contributed by atoms with Crippen LogP contribution >= 0.6 is 0 Å². The summed E-state index contributed by atoms with van der Waals surface area (Å²) in [7, 11) is 1.14. The van der Waals surface area contributed by atoms with E-state index in [-0.39, 0.29) is 0 Å². The van der Waals surface area contributed by atoms with E-state index in [0.29, 0.717) is 0 Å². The molecule has 1 nitrogen and oxygen atoms in total. The van der Waals surface area contributed by atoms with Crippen molar-refractivity contribution in [1.29, 1.82) is 5.31 Å². The first-order chi connectivity index (χ1) is 2.91. The van der Waals surface area contributed by atoms with Gasteiger partial charge in [0.05, 0.1) is 0 Å². The Balaban J connectivity index is 3.26.